The number of nitrogens with zero attached hydrogens (tertiary/aromatic N) is 5. The molecule has 0 bridgehead atoms. The molecule has 0 saturated carbocycles. The molecule has 1 aromatic carbocycles. The Morgan fingerprint density at radius 2 is 2.06 bits per heavy atom. The summed E-state index contributed by atoms with van der Waals surface area (Å²) in [6.07, 6.45) is 3.63. The molecule has 2 aliphatic rings. The Morgan fingerprint density at radius 1 is 1.26 bits per heavy atom. The lowest BCUT2D eigenvalue weighted by molar-refractivity contribution is 0.113. The number of likely N-dealkylation sites (tertiary alicyclic amines) is 1. The van der Waals surface area contributed by atoms with Crippen molar-refractivity contribution in [2.24, 2.45) is 12.0 Å². The number of rotatable bonds is 6. The summed E-state index contributed by atoms with van der Waals surface area (Å²) in [7, 11) is 3.68. The van der Waals surface area contributed by atoms with Crippen molar-refractivity contribution in [1.82, 2.24) is 25.0 Å². The first-order valence-corrected chi connectivity index (χ1v) is 10.8. The van der Waals surface area contributed by atoms with Gasteiger partial charge in [0.15, 0.2) is 11.8 Å². The minimum absolute atomic E-state index is 0. The van der Waals surface area contributed by atoms with Crippen LogP contribution in [0.3, 0.4) is 0 Å². The molecule has 2 saturated heterocycles. The fraction of sp³-hybridized carbons (Fsp3) is 0.591. The average molecular weight is 540 g/mol. The van der Waals surface area contributed by atoms with Gasteiger partial charge in [0.1, 0.15) is 18.1 Å². The molecule has 2 aliphatic heterocycles. The standard InChI is InChI=1S/C22H32N6O2.HI/c1-16-25-26-21(27(16)2)14-24-22(23-13-20-5-4-12-30-20)28-11-10-18(15-28)17-6-8-19(29-3)9-7-17;/h6-9,18,20H,4-5,10-15H2,1-3H3,(H,23,24);1H. The van der Waals surface area contributed by atoms with Crippen LogP contribution in [0, 0.1) is 6.92 Å². The summed E-state index contributed by atoms with van der Waals surface area (Å²) in [4.78, 5) is 7.25. The smallest absolute Gasteiger partial charge is 0.194 e. The second-order valence-electron chi connectivity index (χ2n) is 8.08. The Labute approximate surface area is 201 Å². The first kappa shape index (κ1) is 23.8. The van der Waals surface area contributed by atoms with Gasteiger partial charge in [0.2, 0.25) is 0 Å². The van der Waals surface area contributed by atoms with Crippen molar-refractivity contribution in [2.75, 3.05) is 33.4 Å². The highest BCUT2D eigenvalue weighted by Crippen LogP contribution is 2.28. The Hall–Kier alpha value is -1.88. The molecule has 170 valence electrons. The van der Waals surface area contributed by atoms with E-state index in [4.69, 9.17) is 14.5 Å². The number of methoxy groups -OCH3 is 1. The molecule has 2 fully saturated rings. The topological polar surface area (TPSA) is 76.8 Å². The zero-order valence-electron chi connectivity index (χ0n) is 18.6. The molecule has 8 nitrogen and oxygen atoms in total. The van der Waals surface area contributed by atoms with Crippen molar-refractivity contribution in [3.05, 3.63) is 41.5 Å². The normalized spacial score (nSPS) is 21.3. The van der Waals surface area contributed by atoms with E-state index in [1.165, 1.54) is 5.56 Å². The molecule has 0 radical (unpaired) electrons. The van der Waals surface area contributed by atoms with Crippen molar-refractivity contribution in [2.45, 2.75) is 44.8 Å². The van der Waals surface area contributed by atoms with Gasteiger partial charge in [-0.05, 0) is 43.9 Å². The van der Waals surface area contributed by atoms with Gasteiger partial charge in [-0.2, -0.15) is 0 Å². The molecule has 0 aliphatic carbocycles. The Balaban J connectivity index is 0.00000272. The van der Waals surface area contributed by atoms with Gasteiger partial charge in [0.05, 0.1) is 13.2 Å². The van der Waals surface area contributed by atoms with Gasteiger partial charge in [0, 0.05) is 39.2 Å². The highest BCUT2D eigenvalue weighted by Gasteiger charge is 2.27. The van der Waals surface area contributed by atoms with Gasteiger partial charge in [-0.1, -0.05) is 12.1 Å². The first-order chi connectivity index (χ1) is 14.6. The molecule has 1 N–H and O–H groups in total. The van der Waals surface area contributed by atoms with Crippen molar-refractivity contribution < 1.29 is 9.47 Å². The third-order valence-corrected chi connectivity index (χ3v) is 6.14. The Kier molecular flexibility index (Phi) is 8.53. The van der Waals surface area contributed by atoms with Crippen LogP contribution < -0.4 is 10.1 Å². The fourth-order valence-corrected chi connectivity index (χ4v) is 4.11. The van der Waals surface area contributed by atoms with E-state index in [9.17, 15) is 0 Å². The second-order valence-corrected chi connectivity index (χ2v) is 8.08. The molecule has 9 heteroatoms. The minimum Gasteiger partial charge on any atom is -0.497 e. The highest BCUT2D eigenvalue weighted by atomic mass is 127. The second kappa shape index (κ2) is 11.1. The lowest BCUT2D eigenvalue weighted by Crippen LogP contribution is -2.43. The van der Waals surface area contributed by atoms with Crippen LogP contribution in [0.2, 0.25) is 0 Å². The number of aryl methyl sites for hydroxylation is 1. The number of aromatic nitrogens is 3. The Bertz CT molecular complexity index is 863. The maximum Gasteiger partial charge on any atom is 0.194 e. The molecule has 3 heterocycles. The van der Waals surface area contributed by atoms with E-state index < -0.39 is 0 Å². The molecular weight excluding hydrogens is 507 g/mol. The van der Waals surface area contributed by atoms with E-state index in [0.717, 1.165) is 68.9 Å². The van der Waals surface area contributed by atoms with Crippen LogP contribution >= 0.6 is 24.0 Å². The summed E-state index contributed by atoms with van der Waals surface area (Å²) in [5, 5.41) is 12.0. The van der Waals surface area contributed by atoms with Crippen LogP contribution in [-0.4, -0.2) is 65.1 Å². The van der Waals surface area contributed by atoms with Crippen molar-refractivity contribution in [3.8, 4) is 5.75 Å². The average Bonchev–Trinajstić information content (AvgIpc) is 3.52. The predicted molar refractivity (Wildman–Crippen MR) is 131 cm³/mol. The number of guanidine groups is 1. The molecular formula is C22H33IN6O2. The largest absolute Gasteiger partial charge is 0.497 e. The van der Waals surface area contributed by atoms with Gasteiger partial charge in [-0.3, -0.25) is 0 Å². The van der Waals surface area contributed by atoms with E-state index >= 15 is 0 Å². The van der Waals surface area contributed by atoms with Gasteiger partial charge >= 0.3 is 0 Å². The SMILES string of the molecule is COc1ccc(C2CCN(C(=NCc3nnc(C)n3C)NCC3CCCO3)C2)cc1.I. The minimum atomic E-state index is 0. The number of ether oxygens (including phenoxy) is 2. The molecule has 1 aromatic heterocycles. The van der Waals surface area contributed by atoms with Crippen LogP contribution in [0.15, 0.2) is 29.3 Å². The molecule has 31 heavy (non-hydrogen) atoms. The number of benzene rings is 1. The van der Waals surface area contributed by atoms with Gasteiger partial charge in [-0.15, -0.1) is 34.2 Å². The summed E-state index contributed by atoms with van der Waals surface area (Å²) in [5.41, 5.74) is 1.35. The van der Waals surface area contributed by atoms with E-state index in [1.807, 2.05) is 30.7 Å². The summed E-state index contributed by atoms with van der Waals surface area (Å²) >= 11 is 0. The zero-order valence-corrected chi connectivity index (χ0v) is 20.9. The summed E-state index contributed by atoms with van der Waals surface area (Å²) < 4.78 is 13.1. The Morgan fingerprint density at radius 3 is 2.71 bits per heavy atom. The quantitative estimate of drug-likeness (QED) is 0.345. The molecule has 2 aromatic rings. The van der Waals surface area contributed by atoms with E-state index in [1.54, 1.807) is 7.11 Å². The van der Waals surface area contributed by atoms with Crippen LogP contribution in [-0.2, 0) is 18.3 Å². The summed E-state index contributed by atoms with van der Waals surface area (Å²) in [6.45, 7) is 6.04. The maximum absolute atomic E-state index is 5.79. The van der Waals surface area contributed by atoms with Gasteiger partial charge < -0.3 is 24.3 Å². The monoisotopic (exact) mass is 540 g/mol. The number of hydrogen-bond donors (Lipinski definition) is 1. The highest BCUT2D eigenvalue weighted by molar-refractivity contribution is 14.0. The third-order valence-electron chi connectivity index (χ3n) is 6.14. The van der Waals surface area contributed by atoms with Gasteiger partial charge in [-0.25, -0.2) is 4.99 Å². The molecule has 4 rings (SSSR count). The number of aliphatic imine (C=N–C) groups is 1. The number of hydrogen-bond acceptors (Lipinski definition) is 5. The molecule has 2 unspecified atom stereocenters. The lowest BCUT2D eigenvalue weighted by atomic mass is 9.98. The van der Waals surface area contributed by atoms with Crippen LogP contribution in [0.25, 0.3) is 0 Å². The first-order valence-electron chi connectivity index (χ1n) is 10.8. The molecule has 0 amide bonds. The third kappa shape index (κ3) is 5.88. The van der Waals surface area contributed by atoms with E-state index in [-0.39, 0.29) is 30.1 Å². The lowest BCUT2D eigenvalue weighted by Gasteiger charge is -2.23. The number of nitrogens with one attached hydrogen (secondary N) is 1. The van der Waals surface area contributed by atoms with Crippen LogP contribution in [0.1, 0.15) is 42.4 Å². The maximum atomic E-state index is 5.79. The van der Waals surface area contributed by atoms with E-state index in [2.05, 4.69) is 32.5 Å². The summed E-state index contributed by atoms with van der Waals surface area (Å²) in [5.74, 6) is 4.09. The van der Waals surface area contributed by atoms with Crippen LogP contribution in [0.4, 0.5) is 0 Å². The number of halogens is 1. The van der Waals surface area contributed by atoms with Crippen LogP contribution in [0.5, 0.6) is 5.75 Å². The summed E-state index contributed by atoms with van der Waals surface area (Å²) in [6, 6.07) is 8.43. The zero-order chi connectivity index (χ0) is 20.9. The molecule has 0 spiro atoms. The van der Waals surface area contributed by atoms with Crippen molar-refractivity contribution in [3.63, 3.8) is 0 Å². The van der Waals surface area contributed by atoms with E-state index in [0.29, 0.717) is 12.5 Å². The fourth-order valence-electron chi connectivity index (χ4n) is 4.11. The molecule has 2 atom stereocenters. The predicted octanol–water partition coefficient (Wildman–Crippen LogP) is 2.86. The van der Waals surface area contributed by atoms with Gasteiger partial charge in [0.25, 0.3) is 0 Å². The van der Waals surface area contributed by atoms with Crippen molar-refractivity contribution >= 4 is 29.9 Å². The van der Waals surface area contributed by atoms with Crippen molar-refractivity contribution in [1.29, 1.82) is 0 Å².